The number of nitrogens with zero attached hydrogens (tertiary/aromatic N) is 1. The van der Waals surface area contributed by atoms with Crippen LogP contribution in [0.5, 0.6) is 0 Å². The van der Waals surface area contributed by atoms with Crippen molar-refractivity contribution in [1.29, 1.82) is 0 Å². The van der Waals surface area contributed by atoms with Crippen molar-refractivity contribution in [3.05, 3.63) is 0 Å². The molecule has 0 aliphatic heterocycles. The molecule has 0 aromatic heterocycles. The lowest BCUT2D eigenvalue weighted by molar-refractivity contribution is 0.142. The van der Waals surface area contributed by atoms with Gasteiger partial charge in [-0.15, -0.1) is 11.6 Å². The Morgan fingerprint density at radius 2 is 2.44 bits per heavy atom. The molecule has 54 valence electrons. The van der Waals surface area contributed by atoms with Crippen LogP contribution in [0.4, 0.5) is 0 Å². The van der Waals surface area contributed by atoms with Crippen LogP contribution in [0.15, 0.2) is 5.16 Å². The van der Waals surface area contributed by atoms with Crippen LogP contribution < -0.4 is 0 Å². The van der Waals surface area contributed by atoms with Crippen molar-refractivity contribution in [3.63, 3.8) is 0 Å². The van der Waals surface area contributed by atoms with E-state index < -0.39 is 0 Å². The van der Waals surface area contributed by atoms with E-state index in [2.05, 4.69) is 12.1 Å². The average Bonchev–Trinajstić information content (AvgIpc) is 1.89. The molecule has 0 amide bonds. The first-order valence-electron chi connectivity index (χ1n) is 3.11. The lowest BCUT2D eigenvalue weighted by Crippen LogP contribution is -1.86. The lowest BCUT2D eigenvalue weighted by Gasteiger charge is -1.93. The Morgan fingerprint density at radius 1 is 1.67 bits per heavy atom. The van der Waals surface area contributed by atoms with E-state index in [1.807, 2.05) is 0 Å². The smallest absolute Gasteiger partial charge is 0.117 e. The van der Waals surface area contributed by atoms with E-state index in [0.29, 0.717) is 12.5 Å². The third-order valence-corrected chi connectivity index (χ3v) is 0.945. The highest BCUT2D eigenvalue weighted by Crippen LogP contribution is 1.86. The molecule has 9 heavy (non-hydrogen) atoms. The molecule has 3 heteroatoms. The van der Waals surface area contributed by atoms with Crippen molar-refractivity contribution >= 4 is 17.8 Å². The van der Waals surface area contributed by atoms with E-state index in [0.717, 1.165) is 12.8 Å². The van der Waals surface area contributed by atoms with Gasteiger partial charge in [0, 0.05) is 0 Å². The van der Waals surface area contributed by atoms with Gasteiger partial charge in [-0.05, 0) is 6.42 Å². The fraction of sp³-hybridized carbons (Fsp3) is 0.833. The number of halogens is 1. The first kappa shape index (κ1) is 8.76. The van der Waals surface area contributed by atoms with Gasteiger partial charge in [0.1, 0.15) is 6.61 Å². The van der Waals surface area contributed by atoms with Crippen LogP contribution in [-0.2, 0) is 4.84 Å². The fourth-order valence-electron chi connectivity index (χ4n) is 0.342. The van der Waals surface area contributed by atoms with E-state index in [9.17, 15) is 0 Å². The normalized spacial score (nSPS) is 10.4. The Balaban J connectivity index is 2.82. The predicted octanol–water partition coefficient (Wildman–Crippen LogP) is 2.03. The highest BCUT2D eigenvalue weighted by atomic mass is 35.5. The number of hydrogen-bond donors (Lipinski definition) is 0. The van der Waals surface area contributed by atoms with Gasteiger partial charge >= 0.3 is 0 Å². The first-order valence-corrected chi connectivity index (χ1v) is 3.65. The standard InChI is InChI=1S/C6H12ClNO/c1-2-3-6-9-8-5-4-7/h5H,2-4,6H2,1H3. The summed E-state index contributed by atoms with van der Waals surface area (Å²) in [6.45, 7) is 2.80. The summed E-state index contributed by atoms with van der Waals surface area (Å²) in [7, 11) is 0. The highest BCUT2D eigenvalue weighted by molar-refractivity contribution is 6.24. The van der Waals surface area contributed by atoms with Crippen molar-refractivity contribution in [1.82, 2.24) is 0 Å². The molecule has 0 N–H and O–H groups in total. The van der Waals surface area contributed by atoms with Crippen LogP contribution in [0.1, 0.15) is 19.8 Å². The molecule has 0 spiro atoms. The van der Waals surface area contributed by atoms with Crippen LogP contribution in [0.25, 0.3) is 0 Å². The summed E-state index contributed by atoms with van der Waals surface area (Å²) in [4.78, 5) is 4.80. The molecule has 0 aliphatic carbocycles. The molecule has 0 rings (SSSR count). The van der Waals surface area contributed by atoms with Gasteiger partial charge in [-0.25, -0.2) is 0 Å². The summed E-state index contributed by atoms with van der Waals surface area (Å²) in [5.41, 5.74) is 0. The van der Waals surface area contributed by atoms with Gasteiger partial charge in [0.2, 0.25) is 0 Å². The largest absolute Gasteiger partial charge is 0.396 e. The molecule has 0 bridgehead atoms. The Labute approximate surface area is 60.8 Å². The predicted molar refractivity (Wildman–Crippen MR) is 40.1 cm³/mol. The third-order valence-electron chi connectivity index (χ3n) is 0.807. The van der Waals surface area contributed by atoms with Gasteiger partial charge in [0.25, 0.3) is 0 Å². The number of rotatable bonds is 5. The molecule has 0 aromatic rings. The molecular weight excluding hydrogens is 138 g/mol. The van der Waals surface area contributed by atoms with Crippen molar-refractivity contribution in [2.24, 2.45) is 5.16 Å². The fourth-order valence-corrected chi connectivity index (χ4v) is 0.399. The zero-order valence-corrected chi connectivity index (χ0v) is 6.40. The van der Waals surface area contributed by atoms with Gasteiger partial charge < -0.3 is 4.84 Å². The number of alkyl halides is 1. The summed E-state index contributed by atoms with van der Waals surface area (Å²) in [5, 5.41) is 3.57. The van der Waals surface area contributed by atoms with Gasteiger partial charge in [-0.2, -0.15) is 0 Å². The van der Waals surface area contributed by atoms with E-state index in [-0.39, 0.29) is 0 Å². The molecule has 0 unspecified atom stereocenters. The SMILES string of the molecule is CCCCON=CCCl. The molecule has 0 saturated carbocycles. The van der Waals surface area contributed by atoms with Crippen molar-refractivity contribution in [2.45, 2.75) is 19.8 Å². The van der Waals surface area contributed by atoms with Crippen LogP contribution in [-0.4, -0.2) is 18.7 Å². The maximum absolute atomic E-state index is 5.29. The topological polar surface area (TPSA) is 21.6 Å². The van der Waals surface area contributed by atoms with Gasteiger partial charge in [0.15, 0.2) is 0 Å². The van der Waals surface area contributed by atoms with E-state index >= 15 is 0 Å². The Hall–Kier alpha value is -0.240. The van der Waals surface area contributed by atoms with Crippen molar-refractivity contribution < 1.29 is 4.84 Å². The molecule has 0 aliphatic rings. The minimum absolute atomic E-state index is 0.423. The second-order valence-corrected chi connectivity index (χ2v) is 1.94. The Kier molecular flexibility index (Phi) is 7.55. The van der Waals surface area contributed by atoms with Crippen molar-refractivity contribution in [3.8, 4) is 0 Å². The molecular formula is C6H12ClNO. The van der Waals surface area contributed by atoms with E-state index in [1.54, 1.807) is 0 Å². The zero-order chi connectivity index (χ0) is 6.95. The number of unbranched alkanes of at least 4 members (excludes halogenated alkanes) is 1. The second kappa shape index (κ2) is 7.76. The van der Waals surface area contributed by atoms with Gasteiger partial charge in [0.05, 0.1) is 12.1 Å². The quantitative estimate of drug-likeness (QED) is 0.254. The number of hydrogen-bond acceptors (Lipinski definition) is 2. The molecule has 0 saturated heterocycles. The summed E-state index contributed by atoms with van der Waals surface area (Å²) < 4.78 is 0. The average molecular weight is 150 g/mol. The van der Waals surface area contributed by atoms with Crippen LogP contribution in [0, 0.1) is 0 Å². The van der Waals surface area contributed by atoms with Crippen molar-refractivity contribution in [2.75, 3.05) is 12.5 Å². The molecule has 0 radical (unpaired) electrons. The van der Waals surface area contributed by atoms with Gasteiger partial charge in [-0.3, -0.25) is 0 Å². The summed E-state index contributed by atoms with van der Waals surface area (Å²) >= 11 is 5.29. The van der Waals surface area contributed by atoms with E-state index in [1.165, 1.54) is 6.21 Å². The molecule has 0 fully saturated rings. The summed E-state index contributed by atoms with van der Waals surface area (Å²) in [6, 6.07) is 0. The minimum Gasteiger partial charge on any atom is -0.396 e. The monoisotopic (exact) mass is 149 g/mol. The zero-order valence-electron chi connectivity index (χ0n) is 5.64. The van der Waals surface area contributed by atoms with Gasteiger partial charge in [-0.1, -0.05) is 18.5 Å². The molecule has 0 atom stereocenters. The van der Waals surface area contributed by atoms with E-state index in [4.69, 9.17) is 16.4 Å². The third kappa shape index (κ3) is 7.76. The van der Waals surface area contributed by atoms with Crippen LogP contribution in [0.3, 0.4) is 0 Å². The highest BCUT2D eigenvalue weighted by Gasteiger charge is 1.79. The molecule has 0 heterocycles. The Morgan fingerprint density at radius 3 is 3.00 bits per heavy atom. The summed E-state index contributed by atoms with van der Waals surface area (Å²) in [5.74, 6) is 0.423. The lowest BCUT2D eigenvalue weighted by atomic mass is 10.4. The maximum Gasteiger partial charge on any atom is 0.117 e. The Bertz CT molecular complexity index is 75.5. The maximum atomic E-state index is 5.29. The molecule has 2 nitrogen and oxygen atoms in total. The summed E-state index contributed by atoms with van der Waals surface area (Å²) in [6.07, 6.45) is 3.73. The first-order chi connectivity index (χ1) is 4.41. The minimum atomic E-state index is 0.423. The second-order valence-electron chi connectivity index (χ2n) is 1.63. The number of oxime groups is 1. The molecule has 0 aromatic carbocycles. The van der Waals surface area contributed by atoms with Crippen LogP contribution >= 0.6 is 11.6 Å². The van der Waals surface area contributed by atoms with Crippen LogP contribution in [0.2, 0.25) is 0 Å².